The highest BCUT2D eigenvalue weighted by Gasteiger charge is 2.22. The summed E-state index contributed by atoms with van der Waals surface area (Å²) >= 11 is 0. The van der Waals surface area contributed by atoms with E-state index in [4.69, 9.17) is 0 Å². The Hall–Kier alpha value is -1.75. The lowest BCUT2D eigenvalue weighted by atomic mass is 10.1. The Labute approximate surface area is 152 Å². The summed E-state index contributed by atoms with van der Waals surface area (Å²) in [6.07, 6.45) is 0. The molecule has 0 aliphatic carbocycles. The number of anilines is 1. The molecule has 1 fully saturated rings. The number of benzene rings is 1. The van der Waals surface area contributed by atoms with Gasteiger partial charge in [-0.25, -0.2) is 0 Å². The predicted octanol–water partition coefficient (Wildman–Crippen LogP) is 2.65. The fourth-order valence-electron chi connectivity index (χ4n) is 3.28. The zero-order chi connectivity index (χ0) is 18.4. The second kappa shape index (κ2) is 9.09. The molecule has 2 rings (SSSR count). The molecule has 1 N–H and O–H groups in total. The van der Waals surface area contributed by atoms with Crippen LogP contribution >= 0.6 is 0 Å². The highest BCUT2D eigenvalue weighted by Crippen LogP contribution is 2.19. The molecule has 1 aliphatic rings. The standard InChI is InChI=1S/C20H33N3O2/c1-16(2)13-23(14-17(3)4)20(25)15-21-9-11-22(12-10-21)18-5-7-19(24)8-6-18/h5-8,16-17,24H,9-15H2,1-4H3. The first kappa shape index (κ1) is 19.6. The largest absolute Gasteiger partial charge is 0.508 e. The van der Waals surface area contributed by atoms with Crippen LogP contribution in [0.4, 0.5) is 5.69 Å². The number of nitrogens with zero attached hydrogens (tertiary/aromatic N) is 3. The third kappa shape index (κ3) is 6.24. The Balaban J connectivity index is 1.85. The summed E-state index contributed by atoms with van der Waals surface area (Å²) in [4.78, 5) is 19.3. The second-order valence-corrected chi connectivity index (χ2v) is 7.87. The number of carbonyl (C=O) groups excluding carboxylic acids is 1. The molecule has 1 aromatic rings. The molecule has 1 saturated heterocycles. The SMILES string of the molecule is CC(C)CN(CC(C)C)C(=O)CN1CCN(c2ccc(O)cc2)CC1. The van der Waals surface area contributed by atoms with Gasteiger partial charge in [0.2, 0.25) is 5.91 Å². The summed E-state index contributed by atoms with van der Waals surface area (Å²) < 4.78 is 0. The van der Waals surface area contributed by atoms with Crippen LogP contribution in [0.1, 0.15) is 27.7 Å². The van der Waals surface area contributed by atoms with Crippen LogP contribution in [0.2, 0.25) is 0 Å². The Bertz CT molecular complexity index is 524. The molecule has 25 heavy (non-hydrogen) atoms. The molecule has 0 saturated carbocycles. The monoisotopic (exact) mass is 347 g/mol. The number of phenols is 1. The van der Waals surface area contributed by atoms with Crippen molar-refractivity contribution in [2.75, 3.05) is 50.7 Å². The van der Waals surface area contributed by atoms with Gasteiger partial charge in [0.15, 0.2) is 0 Å². The van der Waals surface area contributed by atoms with Crippen LogP contribution in [-0.4, -0.2) is 66.6 Å². The Morgan fingerprint density at radius 1 is 1.00 bits per heavy atom. The maximum absolute atomic E-state index is 12.7. The lowest BCUT2D eigenvalue weighted by Gasteiger charge is -2.37. The van der Waals surface area contributed by atoms with Crippen molar-refractivity contribution in [3.05, 3.63) is 24.3 Å². The van der Waals surface area contributed by atoms with E-state index in [1.54, 1.807) is 12.1 Å². The van der Waals surface area contributed by atoms with Gasteiger partial charge in [-0.05, 0) is 36.1 Å². The summed E-state index contributed by atoms with van der Waals surface area (Å²) in [5.41, 5.74) is 1.13. The molecule has 5 nitrogen and oxygen atoms in total. The highest BCUT2D eigenvalue weighted by atomic mass is 16.3. The van der Waals surface area contributed by atoms with Crippen molar-refractivity contribution < 1.29 is 9.90 Å². The van der Waals surface area contributed by atoms with Gasteiger partial charge in [-0.2, -0.15) is 0 Å². The van der Waals surface area contributed by atoms with Crippen molar-refractivity contribution in [3.8, 4) is 5.75 Å². The van der Waals surface area contributed by atoms with Crippen molar-refractivity contribution in [1.82, 2.24) is 9.80 Å². The molecule has 0 unspecified atom stereocenters. The summed E-state index contributed by atoms with van der Waals surface area (Å²) in [6.45, 7) is 14.5. The zero-order valence-electron chi connectivity index (χ0n) is 16.1. The second-order valence-electron chi connectivity index (χ2n) is 7.87. The Morgan fingerprint density at radius 2 is 1.52 bits per heavy atom. The Kier molecular flexibility index (Phi) is 7.12. The third-order valence-electron chi connectivity index (χ3n) is 4.47. The van der Waals surface area contributed by atoms with Crippen molar-refractivity contribution in [3.63, 3.8) is 0 Å². The van der Waals surface area contributed by atoms with Gasteiger partial charge in [0.05, 0.1) is 6.54 Å². The molecular formula is C20H33N3O2. The van der Waals surface area contributed by atoms with Crippen LogP contribution < -0.4 is 4.90 Å². The number of hydrogen-bond donors (Lipinski definition) is 1. The smallest absolute Gasteiger partial charge is 0.236 e. The summed E-state index contributed by atoms with van der Waals surface area (Å²) in [5, 5.41) is 9.40. The molecule has 1 aromatic carbocycles. The van der Waals surface area contributed by atoms with E-state index in [1.165, 1.54) is 0 Å². The average Bonchev–Trinajstić information content (AvgIpc) is 2.55. The third-order valence-corrected chi connectivity index (χ3v) is 4.47. The summed E-state index contributed by atoms with van der Waals surface area (Å²) in [7, 11) is 0. The van der Waals surface area contributed by atoms with E-state index < -0.39 is 0 Å². The molecular weight excluding hydrogens is 314 g/mol. The zero-order valence-corrected chi connectivity index (χ0v) is 16.1. The molecule has 0 radical (unpaired) electrons. The molecule has 140 valence electrons. The van der Waals surface area contributed by atoms with Gasteiger partial charge < -0.3 is 14.9 Å². The minimum Gasteiger partial charge on any atom is -0.508 e. The van der Waals surface area contributed by atoms with E-state index in [9.17, 15) is 9.90 Å². The van der Waals surface area contributed by atoms with E-state index in [-0.39, 0.29) is 5.91 Å². The maximum Gasteiger partial charge on any atom is 0.236 e. The molecule has 0 spiro atoms. The highest BCUT2D eigenvalue weighted by molar-refractivity contribution is 5.78. The molecule has 0 bridgehead atoms. The quantitative estimate of drug-likeness (QED) is 0.824. The molecule has 0 aromatic heterocycles. The number of piperazine rings is 1. The molecule has 1 heterocycles. The first-order valence-corrected chi connectivity index (χ1v) is 9.39. The van der Waals surface area contributed by atoms with Gasteiger partial charge >= 0.3 is 0 Å². The van der Waals surface area contributed by atoms with Crippen molar-refractivity contribution in [1.29, 1.82) is 0 Å². The molecule has 0 atom stereocenters. The first-order chi connectivity index (χ1) is 11.8. The number of aromatic hydroxyl groups is 1. The van der Waals surface area contributed by atoms with E-state index in [0.717, 1.165) is 45.0 Å². The van der Waals surface area contributed by atoms with Gasteiger partial charge in [0.25, 0.3) is 0 Å². The number of hydrogen-bond acceptors (Lipinski definition) is 4. The summed E-state index contributed by atoms with van der Waals surface area (Å²) in [5.74, 6) is 1.53. The fourth-order valence-corrected chi connectivity index (χ4v) is 3.28. The van der Waals surface area contributed by atoms with Gasteiger partial charge in [0, 0.05) is 45.0 Å². The van der Waals surface area contributed by atoms with E-state index in [2.05, 4.69) is 37.5 Å². The van der Waals surface area contributed by atoms with Crippen LogP contribution in [0.5, 0.6) is 5.75 Å². The van der Waals surface area contributed by atoms with Crippen molar-refractivity contribution >= 4 is 11.6 Å². The lowest BCUT2D eigenvalue weighted by molar-refractivity contribution is -0.133. The van der Waals surface area contributed by atoms with Crippen molar-refractivity contribution in [2.24, 2.45) is 11.8 Å². The van der Waals surface area contributed by atoms with Crippen LogP contribution in [0.15, 0.2) is 24.3 Å². The van der Waals surface area contributed by atoms with Gasteiger partial charge in [-0.3, -0.25) is 9.69 Å². The predicted molar refractivity (Wildman–Crippen MR) is 103 cm³/mol. The summed E-state index contributed by atoms with van der Waals surface area (Å²) in [6, 6.07) is 7.34. The lowest BCUT2D eigenvalue weighted by Crippen LogP contribution is -2.51. The van der Waals surface area contributed by atoms with Gasteiger partial charge in [0.1, 0.15) is 5.75 Å². The fraction of sp³-hybridized carbons (Fsp3) is 0.650. The number of rotatable bonds is 7. The topological polar surface area (TPSA) is 47.0 Å². The molecule has 1 aliphatic heterocycles. The van der Waals surface area contributed by atoms with Crippen LogP contribution in [0.25, 0.3) is 0 Å². The van der Waals surface area contributed by atoms with Crippen LogP contribution in [-0.2, 0) is 4.79 Å². The van der Waals surface area contributed by atoms with Gasteiger partial charge in [-0.1, -0.05) is 27.7 Å². The average molecular weight is 348 g/mol. The van der Waals surface area contributed by atoms with Crippen LogP contribution in [0.3, 0.4) is 0 Å². The molecule has 5 heteroatoms. The minimum atomic E-state index is 0.250. The van der Waals surface area contributed by atoms with E-state index in [1.807, 2.05) is 17.0 Å². The number of phenolic OH excluding ortho intramolecular Hbond substituents is 1. The molecule has 1 amide bonds. The van der Waals surface area contributed by atoms with Gasteiger partial charge in [-0.15, -0.1) is 0 Å². The van der Waals surface area contributed by atoms with Crippen LogP contribution in [0, 0.1) is 11.8 Å². The maximum atomic E-state index is 12.7. The van der Waals surface area contributed by atoms with E-state index in [0.29, 0.717) is 24.1 Å². The number of carbonyl (C=O) groups is 1. The minimum absolute atomic E-state index is 0.250. The van der Waals surface area contributed by atoms with Crippen molar-refractivity contribution in [2.45, 2.75) is 27.7 Å². The van der Waals surface area contributed by atoms with E-state index >= 15 is 0 Å². The Morgan fingerprint density at radius 3 is 2.00 bits per heavy atom. The number of amides is 1. The first-order valence-electron chi connectivity index (χ1n) is 9.39. The normalized spacial score (nSPS) is 15.8.